The van der Waals surface area contributed by atoms with E-state index in [1.54, 1.807) is 0 Å². The molecule has 3 rings (SSSR count). The highest BCUT2D eigenvalue weighted by molar-refractivity contribution is 6.30. The predicted octanol–water partition coefficient (Wildman–Crippen LogP) is 3.17. The van der Waals surface area contributed by atoms with Gasteiger partial charge >= 0.3 is 0 Å². The number of hydrogen-bond acceptors (Lipinski definition) is 3. The number of carbonyl (C=O) groups excluding carboxylic acids is 1. The van der Waals surface area contributed by atoms with Gasteiger partial charge < -0.3 is 5.32 Å². The molecule has 3 heteroatoms. The molecule has 0 atom stereocenters. The van der Waals surface area contributed by atoms with Crippen LogP contribution in [0.15, 0.2) is 34.3 Å². The van der Waals surface area contributed by atoms with Crippen molar-refractivity contribution < 1.29 is 4.79 Å². The maximum atomic E-state index is 12.3. The van der Waals surface area contributed by atoms with Crippen molar-refractivity contribution in [1.29, 1.82) is 0 Å². The third-order valence-electron chi connectivity index (χ3n) is 3.64. The number of hydrogen-bond donors (Lipinski definition) is 1. The molecule has 0 amide bonds. The molecule has 0 bridgehead atoms. The van der Waals surface area contributed by atoms with Gasteiger partial charge in [-0.3, -0.25) is 9.79 Å². The molecule has 0 spiro atoms. The monoisotopic (exact) mass is 240 g/mol. The summed E-state index contributed by atoms with van der Waals surface area (Å²) in [6.07, 6.45) is 0. The number of rotatable bonds is 0. The molecule has 0 fully saturated rings. The molecule has 0 saturated carbocycles. The van der Waals surface area contributed by atoms with Gasteiger partial charge in [0.2, 0.25) is 0 Å². The zero-order chi connectivity index (χ0) is 13.1. The predicted molar refractivity (Wildman–Crippen MR) is 73.4 cm³/mol. The van der Waals surface area contributed by atoms with Gasteiger partial charge in [0, 0.05) is 22.4 Å². The minimum absolute atomic E-state index is 0.116. The number of aliphatic imine (C=N–C) groups is 1. The second-order valence-electron chi connectivity index (χ2n) is 5.45. The lowest BCUT2D eigenvalue weighted by molar-refractivity contribution is 0.103. The second kappa shape index (κ2) is 3.31. The summed E-state index contributed by atoms with van der Waals surface area (Å²) in [6, 6.07) is 5.81. The van der Waals surface area contributed by atoms with E-state index in [4.69, 9.17) is 4.99 Å². The minimum atomic E-state index is -0.330. The Balaban J connectivity index is 2.39. The first kappa shape index (κ1) is 11.2. The first-order valence-corrected chi connectivity index (χ1v) is 6.15. The molecule has 0 aromatic heterocycles. The summed E-state index contributed by atoms with van der Waals surface area (Å²) in [6.45, 7) is 7.93. The van der Waals surface area contributed by atoms with Gasteiger partial charge in [-0.05, 0) is 39.3 Å². The number of carbonyl (C=O) groups is 1. The van der Waals surface area contributed by atoms with Gasteiger partial charge in [0.1, 0.15) is 5.66 Å². The highest BCUT2D eigenvalue weighted by Gasteiger charge is 2.34. The number of allylic oxidation sites excluding steroid dienone is 2. The molecule has 1 aliphatic carbocycles. The van der Waals surface area contributed by atoms with E-state index in [1.807, 2.05) is 45.9 Å². The number of nitrogens with one attached hydrogen (secondary N) is 1. The van der Waals surface area contributed by atoms with Crippen molar-refractivity contribution in [2.45, 2.75) is 33.4 Å². The quantitative estimate of drug-likeness (QED) is 0.756. The molecule has 0 unspecified atom stereocenters. The number of anilines is 1. The molecule has 0 radical (unpaired) electrons. The fourth-order valence-corrected chi connectivity index (χ4v) is 2.61. The first-order valence-electron chi connectivity index (χ1n) is 6.15. The lowest BCUT2D eigenvalue weighted by Gasteiger charge is -2.34. The molecular weight excluding hydrogens is 224 g/mol. The third-order valence-corrected chi connectivity index (χ3v) is 3.64. The van der Waals surface area contributed by atoms with Crippen molar-refractivity contribution in [1.82, 2.24) is 0 Å². The van der Waals surface area contributed by atoms with Crippen LogP contribution in [0.3, 0.4) is 0 Å². The van der Waals surface area contributed by atoms with Crippen LogP contribution in [0, 0.1) is 0 Å². The maximum absolute atomic E-state index is 12.3. The molecule has 2 aliphatic rings. The van der Waals surface area contributed by atoms with Crippen LogP contribution in [0.4, 0.5) is 5.69 Å². The smallest absolute Gasteiger partial charge is 0.189 e. The molecule has 92 valence electrons. The van der Waals surface area contributed by atoms with Crippen LogP contribution < -0.4 is 5.32 Å². The third kappa shape index (κ3) is 1.37. The second-order valence-corrected chi connectivity index (χ2v) is 5.45. The van der Waals surface area contributed by atoms with Crippen LogP contribution in [0.5, 0.6) is 0 Å². The van der Waals surface area contributed by atoms with Crippen molar-refractivity contribution in [3.05, 3.63) is 40.5 Å². The van der Waals surface area contributed by atoms with Crippen molar-refractivity contribution in [3.8, 4) is 0 Å². The minimum Gasteiger partial charge on any atom is -0.361 e. The molecule has 18 heavy (non-hydrogen) atoms. The van der Waals surface area contributed by atoms with Gasteiger partial charge in [-0.25, -0.2) is 0 Å². The lowest BCUT2D eigenvalue weighted by atomic mass is 9.82. The van der Waals surface area contributed by atoms with Crippen molar-refractivity contribution >= 4 is 17.2 Å². The van der Waals surface area contributed by atoms with Crippen molar-refractivity contribution in [3.63, 3.8) is 0 Å². The van der Waals surface area contributed by atoms with Gasteiger partial charge in [-0.1, -0.05) is 12.1 Å². The van der Waals surface area contributed by atoms with Crippen LogP contribution in [0.25, 0.3) is 0 Å². The molecule has 3 nitrogen and oxygen atoms in total. The summed E-state index contributed by atoms with van der Waals surface area (Å²) in [7, 11) is 0. The molecule has 1 N–H and O–H groups in total. The highest BCUT2D eigenvalue weighted by Crippen LogP contribution is 2.36. The number of Topliss-reactive ketones (excluding diaryl/α,β-unsaturated/α-hetero) is 1. The van der Waals surface area contributed by atoms with Gasteiger partial charge in [-0.15, -0.1) is 0 Å². The van der Waals surface area contributed by atoms with Crippen LogP contribution in [-0.4, -0.2) is 17.2 Å². The Hall–Kier alpha value is -1.90. The van der Waals surface area contributed by atoms with Crippen molar-refractivity contribution in [2.75, 3.05) is 5.32 Å². The van der Waals surface area contributed by atoms with Crippen LogP contribution in [-0.2, 0) is 0 Å². The van der Waals surface area contributed by atoms with Crippen molar-refractivity contribution in [2.24, 2.45) is 4.99 Å². The van der Waals surface area contributed by atoms with E-state index < -0.39 is 0 Å². The number of nitrogens with zero attached hydrogens (tertiary/aromatic N) is 1. The Labute approximate surface area is 107 Å². The van der Waals surface area contributed by atoms with E-state index in [-0.39, 0.29) is 11.4 Å². The van der Waals surface area contributed by atoms with E-state index in [0.717, 1.165) is 33.7 Å². The molecule has 0 saturated heterocycles. The largest absolute Gasteiger partial charge is 0.361 e. The fourth-order valence-electron chi connectivity index (χ4n) is 2.61. The van der Waals surface area contributed by atoms with Crippen LogP contribution in [0.2, 0.25) is 0 Å². The first-order chi connectivity index (χ1) is 8.41. The summed E-state index contributed by atoms with van der Waals surface area (Å²) >= 11 is 0. The molecule has 1 heterocycles. The fraction of sp³-hybridized carbons (Fsp3) is 0.333. The molecule has 1 aromatic carbocycles. The zero-order valence-electron chi connectivity index (χ0n) is 11.1. The zero-order valence-corrected chi connectivity index (χ0v) is 11.1. The van der Waals surface area contributed by atoms with Gasteiger partial charge in [0.25, 0.3) is 0 Å². The van der Waals surface area contributed by atoms with Gasteiger partial charge in [-0.2, -0.15) is 0 Å². The number of ketones is 1. The molecule has 1 aliphatic heterocycles. The Morgan fingerprint density at radius 1 is 1.17 bits per heavy atom. The van der Waals surface area contributed by atoms with Crippen LogP contribution in [0.1, 0.15) is 43.6 Å². The van der Waals surface area contributed by atoms with Crippen LogP contribution >= 0.6 is 0 Å². The molecular formula is C15H16N2O. The topological polar surface area (TPSA) is 41.5 Å². The SMILES string of the molecule is CC1=C(C)C2=NC(C)(C)Nc3cccc(c32)C1=O. The Morgan fingerprint density at radius 3 is 2.61 bits per heavy atom. The van der Waals surface area contributed by atoms with E-state index in [1.165, 1.54) is 0 Å². The standard InChI is InChI=1S/C15H16N2O/c1-8-9(2)14(18)10-6-5-7-11-12(10)13(8)17-15(3,4)16-11/h5-7,16H,1-4H3. The van der Waals surface area contributed by atoms with E-state index >= 15 is 0 Å². The average molecular weight is 240 g/mol. The Kier molecular flexibility index (Phi) is 2.06. The summed E-state index contributed by atoms with van der Waals surface area (Å²) in [5, 5.41) is 3.37. The summed E-state index contributed by atoms with van der Waals surface area (Å²) in [5.74, 6) is 0.116. The lowest BCUT2D eigenvalue weighted by Crippen LogP contribution is -2.37. The van der Waals surface area contributed by atoms with E-state index in [9.17, 15) is 4.79 Å². The average Bonchev–Trinajstić information content (AvgIpc) is 2.31. The summed E-state index contributed by atoms with van der Waals surface area (Å²) in [4.78, 5) is 17.0. The molecule has 1 aromatic rings. The summed E-state index contributed by atoms with van der Waals surface area (Å²) in [5.41, 5.74) is 5.15. The van der Waals surface area contributed by atoms with Gasteiger partial charge in [0.05, 0.1) is 5.71 Å². The van der Waals surface area contributed by atoms with Gasteiger partial charge in [0.15, 0.2) is 5.78 Å². The highest BCUT2D eigenvalue weighted by atomic mass is 16.1. The Bertz CT molecular complexity index is 636. The normalized spacial score (nSPS) is 20.2. The summed E-state index contributed by atoms with van der Waals surface area (Å²) < 4.78 is 0. The van der Waals surface area contributed by atoms with E-state index in [0.29, 0.717) is 0 Å². The maximum Gasteiger partial charge on any atom is 0.189 e. The number of benzene rings is 1. The van der Waals surface area contributed by atoms with E-state index in [2.05, 4.69) is 5.32 Å². The Morgan fingerprint density at radius 2 is 1.89 bits per heavy atom.